The maximum absolute atomic E-state index is 4.93. The van der Waals surface area contributed by atoms with E-state index < -0.39 is 0 Å². The molecule has 0 bridgehead atoms. The zero-order valence-corrected chi connectivity index (χ0v) is 14.8. The van der Waals surface area contributed by atoms with Crippen LogP contribution in [0.4, 0.5) is 5.69 Å². The van der Waals surface area contributed by atoms with Crippen LogP contribution in [0.2, 0.25) is 0 Å². The summed E-state index contributed by atoms with van der Waals surface area (Å²) in [7, 11) is 0. The molecule has 4 heteroatoms. The van der Waals surface area contributed by atoms with Crippen LogP contribution in [-0.2, 0) is 0 Å². The SMILES string of the molecule is Brc1ccc(C2CC(c3cccs3)=NN2c2ccccc2)cc1. The molecule has 2 heterocycles. The number of thiophene rings is 1. The first kappa shape index (κ1) is 14.7. The number of halogens is 1. The van der Waals surface area contributed by atoms with Crippen LogP contribution in [0.25, 0.3) is 0 Å². The summed E-state index contributed by atoms with van der Waals surface area (Å²) in [6.45, 7) is 0. The van der Waals surface area contributed by atoms with E-state index in [0.717, 1.165) is 22.3 Å². The normalized spacial score (nSPS) is 17.3. The number of hydrogen-bond acceptors (Lipinski definition) is 3. The Morgan fingerprint density at radius 3 is 2.43 bits per heavy atom. The molecular weight excluding hydrogens is 368 g/mol. The molecule has 4 rings (SSSR count). The molecule has 0 amide bonds. The minimum absolute atomic E-state index is 0.239. The van der Waals surface area contributed by atoms with Crippen molar-refractivity contribution in [2.45, 2.75) is 12.5 Å². The maximum atomic E-state index is 4.93. The van der Waals surface area contributed by atoms with Gasteiger partial charge in [0.05, 0.1) is 22.3 Å². The summed E-state index contributed by atoms with van der Waals surface area (Å²) < 4.78 is 1.10. The van der Waals surface area contributed by atoms with Crippen LogP contribution in [0, 0.1) is 0 Å². The molecule has 1 aliphatic heterocycles. The van der Waals surface area contributed by atoms with Gasteiger partial charge in [-0.25, -0.2) is 0 Å². The Bertz CT molecular complexity index is 810. The molecule has 114 valence electrons. The molecular formula is C19H15BrN2S. The van der Waals surface area contributed by atoms with Crippen LogP contribution in [0.15, 0.2) is 81.7 Å². The summed E-state index contributed by atoms with van der Waals surface area (Å²) in [6, 6.07) is 23.4. The van der Waals surface area contributed by atoms with E-state index in [4.69, 9.17) is 5.10 Å². The minimum Gasteiger partial charge on any atom is -0.257 e. The zero-order chi connectivity index (χ0) is 15.6. The van der Waals surface area contributed by atoms with Gasteiger partial charge in [0, 0.05) is 10.9 Å². The largest absolute Gasteiger partial charge is 0.257 e. The fraction of sp³-hybridized carbons (Fsp3) is 0.105. The highest BCUT2D eigenvalue weighted by molar-refractivity contribution is 9.10. The second kappa shape index (κ2) is 6.30. The molecule has 3 aromatic rings. The van der Waals surface area contributed by atoms with Gasteiger partial charge in [0.15, 0.2) is 0 Å². The lowest BCUT2D eigenvalue weighted by molar-refractivity contribution is 0.709. The third kappa shape index (κ3) is 2.96. The highest BCUT2D eigenvalue weighted by Gasteiger charge is 2.30. The maximum Gasteiger partial charge on any atom is 0.0832 e. The van der Waals surface area contributed by atoms with E-state index >= 15 is 0 Å². The predicted octanol–water partition coefficient (Wildman–Crippen LogP) is 5.87. The van der Waals surface area contributed by atoms with Crippen molar-refractivity contribution in [2.75, 3.05) is 5.01 Å². The van der Waals surface area contributed by atoms with Gasteiger partial charge in [-0.3, -0.25) is 5.01 Å². The lowest BCUT2D eigenvalue weighted by Gasteiger charge is -2.24. The topological polar surface area (TPSA) is 15.6 Å². The van der Waals surface area contributed by atoms with Crippen molar-refractivity contribution in [2.24, 2.45) is 5.10 Å². The number of para-hydroxylation sites is 1. The van der Waals surface area contributed by atoms with Gasteiger partial charge in [0.1, 0.15) is 0 Å². The van der Waals surface area contributed by atoms with E-state index in [1.807, 2.05) is 6.07 Å². The summed E-state index contributed by atoms with van der Waals surface area (Å²) in [5, 5.41) is 9.19. The van der Waals surface area contributed by atoms with Crippen molar-refractivity contribution in [1.29, 1.82) is 0 Å². The quantitative estimate of drug-likeness (QED) is 0.553. The number of nitrogens with zero attached hydrogens (tertiary/aromatic N) is 2. The molecule has 0 saturated carbocycles. The lowest BCUT2D eigenvalue weighted by Crippen LogP contribution is -2.18. The standard InChI is InChI=1S/C19H15BrN2S/c20-15-10-8-14(9-11-15)18-13-17(19-7-4-12-23-19)21-22(18)16-5-2-1-3-6-16/h1-12,18H,13H2. The second-order valence-corrected chi connectivity index (χ2v) is 7.34. The minimum atomic E-state index is 0.239. The van der Waals surface area contributed by atoms with Crippen LogP contribution < -0.4 is 5.01 Å². The first-order chi connectivity index (χ1) is 11.3. The van der Waals surface area contributed by atoms with Crippen molar-refractivity contribution in [3.63, 3.8) is 0 Å². The fourth-order valence-electron chi connectivity index (χ4n) is 2.87. The zero-order valence-electron chi connectivity index (χ0n) is 12.4. The molecule has 0 spiro atoms. The van der Waals surface area contributed by atoms with Crippen molar-refractivity contribution in [3.8, 4) is 0 Å². The third-order valence-electron chi connectivity index (χ3n) is 3.99. The van der Waals surface area contributed by atoms with E-state index in [-0.39, 0.29) is 6.04 Å². The van der Waals surface area contributed by atoms with Gasteiger partial charge in [0.25, 0.3) is 0 Å². The Balaban J connectivity index is 1.74. The second-order valence-electron chi connectivity index (χ2n) is 5.48. The number of rotatable bonds is 3. The molecule has 23 heavy (non-hydrogen) atoms. The van der Waals surface area contributed by atoms with Crippen LogP contribution >= 0.6 is 27.3 Å². The molecule has 2 aromatic carbocycles. The van der Waals surface area contributed by atoms with Crippen molar-refractivity contribution in [1.82, 2.24) is 0 Å². The molecule has 1 aliphatic rings. The Morgan fingerprint density at radius 1 is 0.957 bits per heavy atom. The van der Waals surface area contributed by atoms with Crippen molar-refractivity contribution in [3.05, 3.63) is 87.0 Å². The summed E-state index contributed by atoms with van der Waals surface area (Å²) in [5.74, 6) is 0. The molecule has 0 fully saturated rings. The summed E-state index contributed by atoms with van der Waals surface area (Å²) >= 11 is 5.27. The molecule has 1 aromatic heterocycles. The monoisotopic (exact) mass is 382 g/mol. The molecule has 0 N–H and O–H groups in total. The molecule has 1 atom stereocenters. The van der Waals surface area contributed by atoms with Crippen LogP contribution in [0.3, 0.4) is 0 Å². The molecule has 2 nitrogen and oxygen atoms in total. The van der Waals surface area contributed by atoms with E-state index in [9.17, 15) is 0 Å². The third-order valence-corrected chi connectivity index (χ3v) is 5.44. The Labute approximate surface area is 148 Å². The van der Waals surface area contributed by atoms with Crippen molar-refractivity contribution < 1.29 is 0 Å². The van der Waals surface area contributed by atoms with Gasteiger partial charge >= 0.3 is 0 Å². The lowest BCUT2D eigenvalue weighted by atomic mass is 10.0. The summed E-state index contributed by atoms with van der Waals surface area (Å²) in [5.41, 5.74) is 3.58. The smallest absolute Gasteiger partial charge is 0.0832 e. The van der Waals surface area contributed by atoms with E-state index in [0.29, 0.717) is 0 Å². The first-order valence-corrected chi connectivity index (χ1v) is 9.19. The Hall–Kier alpha value is -1.91. The van der Waals surface area contributed by atoms with E-state index in [1.165, 1.54) is 10.4 Å². The van der Waals surface area contributed by atoms with Gasteiger partial charge < -0.3 is 0 Å². The van der Waals surface area contributed by atoms with Crippen molar-refractivity contribution >= 4 is 38.7 Å². The van der Waals surface area contributed by atoms with Gasteiger partial charge in [-0.1, -0.05) is 52.3 Å². The number of benzene rings is 2. The van der Waals surface area contributed by atoms with Crippen LogP contribution in [0.1, 0.15) is 22.9 Å². The predicted molar refractivity (Wildman–Crippen MR) is 101 cm³/mol. The fourth-order valence-corrected chi connectivity index (χ4v) is 3.85. The number of anilines is 1. The molecule has 0 aliphatic carbocycles. The van der Waals surface area contributed by atoms with Crippen LogP contribution in [-0.4, -0.2) is 5.71 Å². The van der Waals surface area contributed by atoms with Crippen LogP contribution in [0.5, 0.6) is 0 Å². The number of hydrazone groups is 1. The average Bonchev–Trinajstić information content (AvgIpc) is 3.26. The Kier molecular flexibility index (Phi) is 4.02. The highest BCUT2D eigenvalue weighted by atomic mass is 79.9. The van der Waals surface area contributed by atoms with Gasteiger partial charge in [0.2, 0.25) is 0 Å². The highest BCUT2D eigenvalue weighted by Crippen LogP contribution is 2.37. The van der Waals surface area contributed by atoms with Gasteiger partial charge in [-0.2, -0.15) is 5.10 Å². The summed E-state index contributed by atoms with van der Waals surface area (Å²) in [6.07, 6.45) is 0.928. The Morgan fingerprint density at radius 2 is 1.74 bits per heavy atom. The molecule has 0 radical (unpaired) electrons. The van der Waals surface area contributed by atoms with E-state index in [2.05, 4.69) is 87.0 Å². The van der Waals surface area contributed by atoms with E-state index in [1.54, 1.807) is 11.3 Å². The number of hydrogen-bond donors (Lipinski definition) is 0. The molecule has 1 unspecified atom stereocenters. The summed E-state index contributed by atoms with van der Waals surface area (Å²) in [4.78, 5) is 1.26. The first-order valence-electron chi connectivity index (χ1n) is 7.52. The van der Waals surface area contributed by atoms with Gasteiger partial charge in [-0.15, -0.1) is 11.3 Å². The average molecular weight is 383 g/mol. The molecule has 0 saturated heterocycles. The van der Waals surface area contributed by atoms with Gasteiger partial charge in [-0.05, 0) is 41.3 Å².